The molecule has 150 valence electrons. The second-order valence-electron chi connectivity index (χ2n) is 6.76. The number of amides is 2. The Labute approximate surface area is 177 Å². The van der Waals surface area contributed by atoms with Gasteiger partial charge in [0.1, 0.15) is 5.00 Å². The molecule has 1 heterocycles. The van der Waals surface area contributed by atoms with Crippen molar-refractivity contribution in [3.8, 4) is 0 Å². The van der Waals surface area contributed by atoms with E-state index in [0.717, 1.165) is 15.6 Å². The summed E-state index contributed by atoms with van der Waals surface area (Å²) in [4.78, 5) is 25.9. The zero-order valence-corrected chi connectivity index (χ0v) is 16.9. The van der Waals surface area contributed by atoms with Crippen molar-refractivity contribution >= 4 is 49.6 Å². The van der Waals surface area contributed by atoms with Crippen molar-refractivity contribution in [1.82, 2.24) is 0 Å². The molecule has 0 atom stereocenters. The first-order valence-electron chi connectivity index (χ1n) is 9.24. The highest BCUT2D eigenvalue weighted by Crippen LogP contribution is 2.36. The van der Waals surface area contributed by atoms with E-state index in [4.69, 9.17) is 0 Å². The lowest BCUT2D eigenvalue weighted by atomic mass is 10.1. The first kappa shape index (κ1) is 19.6. The number of fused-ring (bicyclic) bond motifs is 1. The third-order valence-electron chi connectivity index (χ3n) is 4.59. The van der Waals surface area contributed by atoms with Crippen LogP contribution < -0.4 is 16.1 Å². The summed E-state index contributed by atoms with van der Waals surface area (Å²) in [6.45, 7) is 1.95. The summed E-state index contributed by atoms with van der Waals surface area (Å²) >= 11 is 1.34. The van der Waals surface area contributed by atoms with E-state index >= 15 is 0 Å². The highest BCUT2D eigenvalue weighted by atomic mass is 32.1. The molecule has 4 aromatic rings. The van der Waals surface area contributed by atoms with Gasteiger partial charge in [-0.15, -0.1) is 11.3 Å². The Morgan fingerprint density at radius 3 is 2.33 bits per heavy atom. The molecule has 6 nitrogen and oxygen atoms in total. The SMILES string of the molecule is Cc1cccc(NC(=O)c2c(NC(=O)c3ccc(N[O-])cc3)sc3ccccc23)c1. The Hall–Kier alpha value is -3.68. The smallest absolute Gasteiger partial charge is 0.259 e. The molecule has 0 aliphatic carbocycles. The Morgan fingerprint density at radius 2 is 1.60 bits per heavy atom. The second-order valence-corrected chi connectivity index (χ2v) is 7.81. The van der Waals surface area contributed by atoms with Gasteiger partial charge in [0.25, 0.3) is 11.8 Å². The summed E-state index contributed by atoms with van der Waals surface area (Å²) in [5, 5.41) is 17.7. The van der Waals surface area contributed by atoms with Crippen molar-refractivity contribution in [2.75, 3.05) is 16.1 Å². The van der Waals surface area contributed by atoms with Crippen molar-refractivity contribution in [2.45, 2.75) is 6.92 Å². The molecule has 0 aliphatic rings. The Kier molecular flexibility index (Phi) is 5.47. The number of benzene rings is 3. The van der Waals surface area contributed by atoms with Crippen LogP contribution in [-0.4, -0.2) is 11.8 Å². The van der Waals surface area contributed by atoms with E-state index in [2.05, 4.69) is 10.6 Å². The molecule has 0 aliphatic heterocycles. The van der Waals surface area contributed by atoms with Crippen molar-refractivity contribution in [3.63, 3.8) is 0 Å². The van der Waals surface area contributed by atoms with E-state index in [1.54, 1.807) is 17.6 Å². The number of nitrogens with one attached hydrogen (secondary N) is 3. The maximum atomic E-state index is 13.1. The maximum Gasteiger partial charge on any atom is 0.259 e. The van der Waals surface area contributed by atoms with Crippen molar-refractivity contribution in [2.24, 2.45) is 0 Å². The molecule has 1 aromatic heterocycles. The number of hydrogen-bond acceptors (Lipinski definition) is 5. The van der Waals surface area contributed by atoms with Gasteiger partial charge in [-0.2, -0.15) is 0 Å². The predicted molar refractivity (Wildman–Crippen MR) is 122 cm³/mol. The van der Waals surface area contributed by atoms with Gasteiger partial charge in [-0.3, -0.25) is 9.59 Å². The molecule has 2 amide bonds. The minimum atomic E-state index is -0.358. The molecule has 0 bridgehead atoms. The number of thiophene rings is 1. The highest BCUT2D eigenvalue weighted by molar-refractivity contribution is 7.23. The molecular formula is C23H18N3O3S-. The van der Waals surface area contributed by atoms with E-state index in [9.17, 15) is 14.8 Å². The van der Waals surface area contributed by atoms with Crippen molar-refractivity contribution < 1.29 is 9.59 Å². The lowest BCUT2D eigenvalue weighted by Gasteiger charge is -2.11. The molecule has 4 rings (SSSR count). The summed E-state index contributed by atoms with van der Waals surface area (Å²) < 4.78 is 0.896. The number of hydrogen-bond donors (Lipinski definition) is 3. The third kappa shape index (κ3) is 4.03. The molecule has 0 fully saturated rings. The molecule has 0 spiro atoms. The predicted octanol–water partition coefficient (Wildman–Crippen LogP) is 5.62. The van der Waals surface area contributed by atoms with Gasteiger partial charge in [0.2, 0.25) is 0 Å². The van der Waals surface area contributed by atoms with Crippen LogP contribution in [0.25, 0.3) is 10.1 Å². The zero-order chi connectivity index (χ0) is 21.1. The molecule has 0 radical (unpaired) electrons. The largest absolute Gasteiger partial charge is 0.761 e. The van der Waals surface area contributed by atoms with Gasteiger partial charge in [0.05, 0.1) is 5.56 Å². The number of anilines is 3. The van der Waals surface area contributed by atoms with E-state index in [0.29, 0.717) is 27.5 Å². The third-order valence-corrected chi connectivity index (χ3v) is 5.68. The molecule has 3 aromatic carbocycles. The lowest BCUT2D eigenvalue weighted by Crippen LogP contribution is -2.17. The van der Waals surface area contributed by atoms with E-state index in [1.165, 1.54) is 23.5 Å². The van der Waals surface area contributed by atoms with Crippen LogP contribution in [0, 0.1) is 12.1 Å². The van der Waals surface area contributed by atoms with Gasteiger partial charge in [0.15, 0.2) is 0 Å². The Bertz CT molecular complexity index is 1230. The zero-order valence-electron chi connectivity index (χ0n) is 16.1. The van der Waals surface area contributed by atoms with Crippen LogP contribution in [0.3, 0.4) is 0 Å². The topological polar surface area (TPSA) is 93.3 Å². The Morgan fingerprint density at radius 1 is 0.833 bits per heavy atom. The number of rotatable bonds is 5. The molecular weight excluding hydrogens is 398 g/mol. The standard InChI is InChI=1S/C23H18N3O3S/c1-14-5-4-6-17(13-14)24-22(28)20-18-7-2-3-8-19(18)30-23(20)25-21(27)15-9-11-16(26-29)12-10-15/h2-13,26H,1H3,(H,24,28)(H,25,27)/q-1. The van der Waals surface area contributed by atoms with Crippen LogP contribution in [0.1, 0.15) is 26.3 Å². The molecule has 0 saturated carbocycles. The van der Waals surface area contributed by atoms with Gasteiger partial charge < -0.3 is 21.3 Å². The number of carbonyl (C=O) groups is 2. The average molecular weight is 416 g/mol. The second kappa shape index (κ2) is 8.36. The Balaban J connectivity index is 1.67. The van der Waals surface area contributed by atoms with E-state index in [-0.39, 0.29) is 11.8 Å². The van der Waals surface area contributed by atoms with E-state index < -0.39 is 0 Å². The molecule has 7 heteroatoms. The quantitative estimate of drug-likeness (QED) is 0.368. The van der Waals surface area contributed by atoms with Gasteiger partial charge >= 0.3 is 0 Å². The monoisotopic (exact) mass is 416 g/mol. The van der Waals surface area contributed by atoms with Gasteiger partial charge in [-0.25, -0.2) is 0 Å². The summed E-state index contributed by atoms with van der Waals surface area (Å²) in [5.74, 6) is -0.650. The normalized spacial score (nSPS) is 10.6. The lowest BCUT2D eigenvalue weighted by molar-refractivity contribution is 0.102. The highest BCUT2D eigenvalue weighted by Gasteiger charge is 2.21. The van der Waals surface area contributed by atoms with Crippen LogP contribution in [0.2, 0.25) is 0 Å². The summed E-state index contributed by atoms with van der Waals surface area (Å²) in [7, 11) is 0. The minimum absolute atomic E-state index is 0.292. The number of carbonyl (C=O) groups excluding carboxylic acids is 2. The van der Waals surface area contributed by atoms with E-state index in [1.807, 2.05) is 55.5 Å². The number of aryl methyl sites for hydroxylation is 1. The van der Waals surface area contributed by atoms with Crippen LogP contribution in [0.5, 0.6) is 0 Å². The van der Waals surface area contributed by atoms with Crippen LogP contribution >= 0.6 is 11.3 Å². The van der Waals surface area contributed by atoms with Gasteiger partial charge in [-0.05, 0) is 55.0 Å². The first-order valence-corrected chi connectivity index (χ1v) is 10.1. The van der Waals surface area contributed by atoms with Crippen LogP contribution in [0.15, 0.2) is 72.8 Å². The fourth-order valence-electron chi connectivity index (χ4n) is 3.14. The van der Waals surface area contributed by atoms with Crippen LogP contribution in [-0.2, 0) is 0 Å². The maximum absolute atomic E-state index is 13.1. The van der Waals surface area contributed by atoms with Crippen molar-refractivity contribution in [1.29, 1.82) is 0 Å². The fraction of sp³-hybridized carbons (Fsp3) is 0.0435. The summed E-state index contributed by atoms with van der Waals surface area (Å²) in [6, 6.07) is 21.2. The molecule has 0 unspecified atom stereocenters. The minimum Gasteiger partial charge on any atom is -0.761 e. The molecule has 30 heavy (non-hydrogen) atoms. The fourth-order valence-corrected chi connectivity index (χ4v) is 4.24. The average Bonchev–Trinajstić information content (AvgIpc) is 3.11. The molecule has 3 N–H and O–H groups in total. The van der Waals surface area contributed by atoms with Gasteiger partial charge in [-0.1, -0.05) is 30.3 Å². The van der Waals surface area contributed by atoms with Gasteiger partial charge in [0, 0.05) is 27.0 Å². The summed E-state index contributed by atoms with van der Waals surface area (Å²) in [6.07, 6.45) is 0. The molecule has 0 saturated heterocycles. The summed E-state index contributed by atoms with van der Waals surface area (Å²) in [5.41, 5.74) is 4.67. The van der Waals surface area contributed by atoms with Crippen LogP contribution in [0.4, 0.5) is 16.4 Å². The first-order chi connectivity index (χ1) is 14.5. The van der Waals surface area contributed by atoms with Crippen molar-refractivity contribution in [3.05, 3.63) is 94.7 Å².